The molecule has 2 heterocycles. The topological polar surface area (TPSA) is 66.6 Å². The second-order valence-electron chi connectivity index (χ2n) is 6.23. The van der Waals surface area contributed by atoms with Crippen molar-refractivity contribution >= 4 is 11.8 Å². The average molecular weight is 301 g/mol. The number of carbonyl (C=O) groups is 2. The monoisotopic (exact) mass is 301 g/mol. The molecule has 2 aliphatic rings. The van der Waals surface area contributed by atoms with Gasteiger partial charge in [-0.05, 0) is 24.8 Å². The minimum Gasteiger partial charge on any atom is -0.369 e. The van der Waals surface area contributed by atoms with Crippen LogP contribution < -0.4 is 5.73 Å². The van der Waals surface area contributed by atoms with Crippen LogP contribution in [0.5, 0.6) is 0 Å². The SMILES string of the molecule is NC(=O)C1CCN(C(C(=O)N2CCCC2)c2ccccc2)C1. The van der Waals surface area contributed by atoms with Gasteiger partial charge in [-0.1, -0.05) is 30.3 Å². The number of hydrogen-bond acceptors (Lipinski definition) is 3. The van der Waals surface area contributed by atoms with Crippen molar-refractivity contribution in [3.8, 4) is 0 Å². The molecule has 22 heavy (non-hydrogen) atoms. The molecule has 2 atom stereocenters. The van der Waals surface area contributed by atoms with Gasteiger partial charge in [0.05, 0.1) is 5.92 Å². The molecule has 5 heteroatoms. The Labute approximate surface area is 131 Å². The molecule has 2 unspecified atom stereocenters. The number of amides is 2. The van der Waals surface area contributed by atoms with Crippen molar-refractivity contribution in [3.05, 3.63) is 35.9 Å². The van der Waals surface area contributed by atoms with Crippen molar-refractivity contribution in [2.45, 2.75) is 25.3 Å². The van der Waals surface area contributed by atoms with Crippen LogP contribution in [0.1, 0.15) is 30.9 Å². The zero-order valence-electron chi connectivity index (χ0n) is 12.8. The second kappa shape index (κ2) is 6.48. The number of primary amides is 1. The lowest BCUT2D eigenvalue weighted by Crippen LogP contribution is -2.41. The van der Waals surface area contributed by atoms with E-state index in [1.165, 1.54) is 0 Å². The van der Waals surface area contributed by atoms with Crippen LogP contribution in [0, 0.1) is 5.92 Å². The Morgan fingerprint density at radius 1 is 1.09 bits per heavy atom. The summed E-state index contributed by atoms with van der Waals surface area (Å²) in [6.45, 7) is 3.01. The van der Waals surface area contributed by atoms with Crippen LogP contribution in [0.15, 0.2) is 30.3 Å². The number of likely N-dealkylation sites (tertiary alicyclic amines) is 2. The molecule has 0 bridgehead atoms. The van der Waals surface area contributed by atoms with Crippen LogP contribution in [0.25, 0.3) is 0 Å². The summed E-state index contributed by atoms with van der Waals surface area (Å²) >= 11 is 0. The van der Waals surface area contributed by atoms with Crippen LogP contribution in [0.2, 0.25) is 0 Å². The summed E-state index contributed by atoms with van der Waals surface area (Å²) in [7, 11) is 0. The molecule has 1 aromatic rings. The number of hydrogen-bond donors (Lipinski definition) is 1. The Morgan fingerprint density at radius 3 is 2.36 bits per heavy atom. The zero-order chi connectivity index (χ0) is 15.5. The fourth-order valence-corrected chi connectivity index (χ4v) is 3.51. The normalized spacial score (nSPS) is 23.6. The van der Waals surface area contributed by atoms with Crippen molar-refractivity contribution in [2.24, 2.45) is 11.7 Å². The number of nitrogens with two attached hydrogens (primary N) is 1. The van der Waals surface area contributed by atoms with E-state index in [2.05, 4.69) is 4.90 Å². The highest BCUT2D eigenvalue weighted by Crippen LogP contribution is 2.30. The van der Waals surface area contributed by atoms with E-state index in [1.807, 2.05) is 35.2 Å². The Hall–Kier alpha value is -1.88. The fraction of sp³-hybridized carbons (Fsp3) is 0.529. The van der Waals surface area contributed by atoms with Gasteiger partial charge in [0.2, 0.25) is 11.8 Å². The molecule has 2 fully saturated rings. The van der Waals surface area contributed by atoms with Gasteiger partial charge in [-0.25, -0.2) is 0 Å². The van der Waals surface area contributed by atoms with Gasteiger partial charge < -0.3 is 10.6 Å². The lowest BCUT2D eigenvalue weighted by Gasteiger charge is -2.30. The lowest BCUT2D eigenvalue weighted by molar-refractivity contribution is -0.136. The molecule has 0 saturated carbocycles. The summed E-state index contributed by atoms with van der Waals surface area (Å²) in [6, 6.07) is 9.58. The van der Waals surface area contributed by atoms with E-state index in [4.69, 9.17) is 5.73 Å². The van der Waals surface area contributed by atoms with Gasteiger partial charge in [-0.3, -0.25) is 14.5 Å². The van der Waals surface area contributed by atoms with Crippen molar-refractivity contribution in [3.63, 3.8) is 0 Å². The first-order valence-electron chi connectivity index (χ1n) is 8.04. The fourth-order valence-electron chi connectivity index (χ4n) is 3.51. The maximum absolute atomic E-state index is 13.0. The minimum absolute atomic E-state index is 0.141. The van der Waals surface area contributed by atoms with Gasteiger partial charge >= 0.3 is 0 Å². The van der Waals surface area contributed by atoms with Crippen molar-refractivity contribution in [1.82, 2.24) is 9.80 Å². The molecule has 118 valence electrons. The third-order valence-corrected chi connectivity index (χ3v) is 4.75. The van der Waals surface area contributed by atoms with E-state index < -0.39 is 0 Å². The van der Waals surface area contributed by atoms with Crippen LogP contribution >= 0.6 is 0 Å². The van der Waals surface area contributed by atoms with Crippen LogP contribution in [0.4, 0.5) is 0 Å². The maximum atomic E-state index is 13.0. The number of nitrogens with zero attached hydrogens (tertiary/aromatic N) is 2. The van der Waals surface area contributed by atoms with Gasteiger partial charge in [0.25, 0.3) is 0 Å². The van der Waals surface area contributed by atoms with Gasteiger partial charge in [-0.15, -0.1) is 0 Å². The van der Waals surface area contributed by atoms with Crippen LogP contribution in [-0.4, -0.2) is 47.8 Å². The Balaban J connectivity index is 1.83. The molecular weight excluding hydrogens is 278 g/mol. The summed E-state index contributed by atoms with van der Waals surface area (Å²) in [5.41, 5.74) is 6.44. The Bertz CT molecular complexity index is 540. The summed E-state index contributed by atoms with van der Waals surface area (Å²) in [6.07, 6.45) is 2.90. The zero-order valence-corrected chi connectivity index (χ0v) is 12.8. The summed E-state index contributed by atoms with van der Waals surface area (Å²) in [5.74, 6) is -0.241. The molecule has 0 aliphatic carbocycles. The third kappa shape index (κ3) is 2.99. The summed E-state index contributed by atoms with van der Waals surface area (Å²) in [4.78, 5) is 28.5. The first kappa shape index (κ1) is 15.0. The van der Waals surface area contributed by atoms with E-state index in [1.54, 1.807) is 0 Å². The van der Waals surface area contributed by atoms with Gasteiger partial charge in [-0.2, -0.15) is 0 Å². The smallest absolute Gasteiger partial charge is 0.244 e. The molecule has 0 spiro atoms. The highest BCUT2D eigenvalue weighted by Gasteiger charge is 2.37. The van der Waals surface area contributed by atoms with Gasteiger partial charge in [0.15, 0.2) is 0 Å². The summed E-state index contributed by atoms with van der Waals surface area (Å²) < 4.78 is 0. The number of rotatable bonds is 4. The highest BCUT2D eigenvalue weighted by atomic mass is 16.2. The molecule has 2 saturated heterocycles. The lowest BCUT2D eigenvalue weighted by atomic mass is 10.0. The second-order valence-corrected chi connectivity index (χ2v) is 6.23. The van der Waals surface area contributed by atoms with E-state index in [0.29, 0.717) is 6.54 Å². The predicted octanol–water partition coefficient (Wildman–Crippen LogP) is 1.16. The van der Waals surface area contributed by atoms with Gasteiger partial charge in [0.1, 0.15) is 6.04 Å². The molecule has 0 aromatic heterocycles. The average Bonchev–Trinajstić information content (AvgIpc) is 3.20. The molecule has 2 aliphatic heterocycles. The number of carbonyl (C=O) groups excluding carboxylic acids is 2. The van der Waals surface area contributed by atoms with Crippen molar-refractivity contribution in [2.75, 3.05) is 26.2 Å². The molecular formula is C17H23N3O2. The van der Waals surface area contributed by atoms with E-state index in [0.717, 1.165) is 44.5 Å². The predicted molar refractivity (Wildman–Crippen MR) is 83.9 cm³/mol. The Kier molecular flexibility index (Phi) is 4.43. The van der Waals surface area contributed by atoms with E-state index in [-0.39, 0.29) is 23.8 Å². The molecule has 1 aromatic carbocycles. The highest BCUT2D eigenvalue weighted by molar-refractivity contribution is 5.84. The van der Waals surface area contributed by atoms with E-state index in [9.17, 15) is 9.59 Å². The van der Waals surface area contributed by atoms with E-state index >= 15 is 0 Å². The number of benzene rings is 1. The Morgan fingerprint density at radius 2 is 1.77 bits per heavy atom. The van der Waals surface area contributed by atoms with Crippen molar-refractivity contribution in [1.29, 1.82) is 0 Å². The first-order valence-corrected chi connectivity index (χ1v) is 8.04. The standard InChI is InChI=1S/C17H23N3O2/c18-16(21)14-8-11-20(12-14)15(13-6-2-1-3-7-13)17(22)19-9-4-5-10-19/h1-3,6-7,14-15H,4-5,8-12H2,(H2,18,21). The first-order chi connectivity index (χ1) is 10.7. The third-order valence-electron chi connectivity index (χ3n) is 4.75. The minimum atomic E-state index is -0.288. The molecule has 0 radical (unpaired) electrons. The molecule has 2 amide bonds. The largest absolute Gasteiger partial charge is 0.369 e. The van der Waals surface area contributed by atoms with Crippen LogP contribution in [-0.2, 0) is 9.59 Å². The van der Waals surface area contributed by atoms with Crippen LogP contribution in [0.3, 0.4) is 0 Å². The molecule has 2 N–H and O–H groups in total. The quantitative estimate of drug-likeness (QED) is 0.907. The van der Waals surface area contributed by atoms with Crippen molar-refractivity contribution < 1.29 is 9.59 Å². The van der Waals surface area contributed by atoms with Gasteiger partial charge in [0, 0.05) is 26.2 Å². The maximum Gasteiger partial charge on any atom is 0.244 e. The molecule has 5 nitrogen and oxygen atoms in total. The summed E-state index contributed by atoms with van der Waals surface area (Å²) in [5, 5.41) is 0. The molecule has 3 rings (SSSR count).